The van der Waals surface area contributed by atoms with Crippen molar-refractivity contribution in [3.8, 4) is 0 Å². The molecule has 1 unspecified atom stereocenters. The van der Waals surface area contributed by atoms with Crippen LogP contribution in [-0.2, 0) is 6.42 Å². The fraction of sp³-hybridized carbons (Fsp3) is 0.133. The van der Waals surface area contributed by atoms with Gasteiger partial charge in [-0.2, -0.15) is 0 Å². The van der Waals surface area contributed by atoms with Crippen molar-refractivity contribution in [3.05, 3.63) is 73.6 Å². The van der Waals surface area contributed by atoms with Crippen LogP contribution in [0.4, 0.5) is 11.4 Å². The number of aliphatic hydroxyl groups is 1. The second-order valence-corrected chi connectivity index (χ2v) is 6.13. The monoisotopic (exact) mass is 341 g/mol. The van der Waals surface area contributed by atoms with Crippen molar-refractivity contribution in [2.24, 2.45) is 5.11 Å². The molecule has 0 aliphatic heterocycles. The van der Waals surface area contributed by atoms with Gasteiger partial charge in [-0.3, -0.25) is 10.1 Å². The molecule has 2 aromatic carbocycles. The number of aromatic nitrogens is 1. The van der Waals surface area contributed by atoms with Gasteiger partial charge in [0.2, 0.25) is 0 Å². The molecule has 0 bridgehead atoms. The minimum Gasteiger partial charge on any atom is -0.388 e. The van der Waals surface area contributed by atoms with Crippen LogP contribution in [0.5, 0.6) is 0 Å². The highest BCUT2D eigenvalue weighted by Gasteiger charge is 2.14. The van der Waals surface area contributed by atoms with E-state index in [1.807, 2.05) is 0 Å². The van der Waals surface area contributed by atoms with Gasteiger partial charge in [-0.05, 0) is 17.2 Å². The number of fused-ring (bicyclic) bond motifs is 1. The van der Waals surface area contributed by atoms with Crippen LogP contribution in [0.3, 0.4) is 0 Å². The number of hydrogen-bond acceptors (Lipinski definition) is 6. The van der Waals surface area contributed by atoms with Crippen LogP contribution >= 0.6 is 11.3 Å². The second-order valence-electron chi connectivity index (χ2n) is 5.02. The third kappa shape index (κ3) is 3.33. The molecule has 0 radical (unpaired) electrons. The Balaban J connectivity index is 1.80. The molecule has 0 fully saturated rings. The molecular formula is C15H11N5O3S. The first kappa shape index (κ1) is 15.9. The highest BCUT2D eigenvalue weighted by atomic mass is 32.1. The largest absolute Gasteiger partial charge is 0.388 e. The van der Waals surface area contributed by atoms with Crippen molar-refractivity contribution >= 4 is 32.9 Å². The lowest BCUT2D eigenvalue weighted by Crippen LogP contribution is -2.00. The van der Waals surface area contributed by atoms with Gasteiger partial charge >= 0.3 is 0 Å². The molecule has 0 amide bonds. The molecule has 1 aromatic heterocycles. The number of rotatable bonds is 5. The maximum atomic E-state index is 10.8. The van der Waals surface area contributed by atoms with Gasteiger partial charge in [0.25, 0.3) is 5.69 Å². The van der Waals surface area contributed by atoms with Gasteiger partial charge < -0.3 is 5.11 Å². The number of non-ortho nitro benzene ring substituents is 1. The Morgan fingerprint density at radius 2 is 2.08 bits per heavy atom. The number of benzene rings is 2. The summed E-state index contributed by atoms with van der Waals surface area (Å²) >= 11 is 1.32. The second kappa shape index (κ2) is 6.63. The Morgan fingerprint density at radius 1 is 1.33 bits per heavy atom. The predicted octanol–water partition coefficient (Wildman–Crippen LogP) is 4.42. The smallest absolute Gasteiger partial charge is 0.270 e. The van der Waals surface area contributed by atoms with E-state index in [1.165, 1.54) is 23.5 Å². The molecule has 24 heavy (non-hydrogen) atoms. The predicted molar refractivity (Wildman–Crippen MR) is 90.2 cm³/mol. The van der Waals surface area contributed by atoms with Crippen LogP contribution in [0.25, 0.3) is 20.7 Å². The van der Waals surface area contributed by atoms with E-state index < -0.39 is 11.0 Å². The third-order valence-corrected chi connectivity index (χ3v) is 4.47. The van der Waals surface area contributed by atoms with Crippen molar-refractivity contribution in [1.82, 2.24) is 4.98 Å². The molecule has 120 valence electrons. The van der Waals surface area contributed by atoms with E-state index in [0.29, 0.717) is 32.9 Å². The van der Waals surface area contributed by atoms with Crippen molar-refractivity contribution in [2.45, 2.75) is 12.5 Å². The summed E-state index contributed by atoms with van der Waals surface area (Å²) in [5.74, 6) is 0. The molecule has 3 rings (SSSR count). The number of thiazole rings is 1. The van der Waals surface area contributed by atoms with Crippen LogP contribution in [0.15, 0.2) is 47.6 Å². The lowest BCUT2D eigenvalue weighted by atomic mass is 10.1. The van der Waals surface area contributed by atoms with E-state index in [0.717, 1.165) is 0 Å². The SMILES string of the molecule is [N-]=[N+]=Nc1ccc(C(O)Cc2nc3ccc([N+](=O)[O-])cc3s2)cc1. The summed E-state index contributed by atoms with van der Waals surface area (Å²) in [4.78, 5) is 17.5. The summed E-state index contributed by atoms with van der Waals surface area (Å²) < 4.78 is 0.713. The maximum Gasteiger partial charge on any atom is 0.270 e. The summed E-state index contributed by atoms with van der Waals surface area (Å²) in [6, 6.07) is 11.1. The summed E-state index contributed by atoms with van der Waals surface area (Å²) in [7, 11) is 0. The van der Waals surface area contributed by atoms with Crippen LogP contribution in [-0.4, -0.2) is 15.0 Å². The molecule has 3 aromatic rings. The zero-order valence-corrected chi connectivity index (χ0v) is 13.1. The minimum absolute atomic E-state index is 0.0203. The molecule has 9 heteroatoms. The van der Waals surface area contributed by atoms with E-state index in [9.17, 15) is 15.2 Å². The Hall–Kier alpha value is -3.00. The number of aliphatic hydroxyl groups excluding tert-OH is 1. The zero-order valence-electron chi connectivity index (χ0n) is 12.2. The maximum absolute atomic E-state index is 10.8. The summed E-state index contributed by atoms with van der Waals surface area (Å²) in [5.41, 5.74) is 10.2. The van der Waals surface area contributed by atoms with Crippen LogP contribution in [0.2, 0.25) is 0 Å². The van der Waals surface area contributed by atoms with Gasteiger partial charge in [0.1, 0.15) is 0 Å². The summed E-state index contributed by atoms with van der Waals surface area (Å²) in [5, 5.41) is 25.3. The molecule has 0 aliphatic carbocycles. The Morgan fingerprint density at radius 3 is 2.75 bits per heavy atom. The van der Waals surface area contributed by atoms with Gasteiger partial charge in [0.15, 0.2) is 0 Å². The topological polar surface area (TPSA) is 125 Å². The Bertz CT molecular complexity index is 947. The highest BCUT2D eigenvalue weighted by molar-refractivity contribution is 7.18. The highest BCUT2D eigenvalue weighted by Crippen LogP contribution is 2.29. The number of nitrogens with zero attached hydrogens (tertiary/aromatic N) is 5. The Labute approximate surface area is 139 Å². The molecule has 0 spiro atoms. The zero-order chi connectivity index (χ0) is 17.1. The molecule has 1 heterocycles. The van der Waals surface area contributed by atoms with Crippen molar-refractivity contribution in [2.75, 3.05) is 0 Å². The van der Waals surface area contributed by atoms with Gasteiger partial charge in [-0.25, -0.2) is 4.98 Å². The van der Waals surface area contributed by atoms with E-state index in [4.69, 9.17) is 5.53 Å². The first-order chi connectivity index (χ1) is 11.6. The molecule has 1 N–H and O–H groups in total. The average molecular weight is 341 g/mol. The van der Waals surface area contributed by atoms with E-state index in [2.05, 4.69) is 15.0 Å². The van der Waals surface area contributed by atoms with Gasteiger partial charge in [-0.15, -0.1) is 11.3 Å². The van der Waals surface area contributed by atoms with Crippen LogP contribution < -0.4 is 0 Å². The standard InChI is InChI=1S/C15H11N5O3S/c16-19-18-10-3-1-9(2-4-10)13(21)8-15-17-12-6-5-11(20(22)23)7-14(12)24-15/h1-7,13,21H,8H2. The normalized spacial score (nSPS) is 11.9. The molecule has 8 nitrogen and oxygen atoms in total. The fourth-order valence-electron chi connectivity index (χ4n) is 2.26. The first-order valence-corrected chi connectivity index (χ1v) is 7.75. The first-order valence-electron chi connectivity index (χ1n) is 6.94. The Kier molecular flexibility index (Phi) is 4.39. The van der Waals surface area contributed by atoms with E-state index in [1.54, 1.807) is 30.3 Å². The summed E-state index contributed by atoms with van der Waals surface area (Å²) in [6.07, 6.45) is -0.464. The van der Waals surface area contributed by atoms with Crippen molar-refractivity contribution in [3.63, 3.8) is 0 Å². The van der Waals surface area contributed by atoms with Crippen molar-refractivity contribution < 1.29 is 10.0 Å². The van der Waals surface area contributed by atoms with Crippen molar-refractivity contribution in [1.29, 1.82) is 0 Å². The number of azide groups is 1. The van der Waals surface area contributed by atoms with E-state index in [-0.39, 0.29) is 5.69 Å². The number of nitro benzene ring substituents is 1. The molecule has 0 saturated heterocycles. The minimum atomic E-state index is -0.763. The molecular weight excluding hydrogens is 330 g/mol. The number of hydrogen-bond donors (Lipinski definition) is 1. The number of nitro groups is 1. The van der Waals surface area contributed by atoms with Gasteiger partial charge in [0, 0.05) is 29.2 Å². The van der Waals surface area contributed by atoms with E-state index >= 15 is 0 Å². The lowest BCUT2D eigenvalue weighted by Gasteiger charge is -2.09. The molecule has 0 saturated carbocycles. The molecule has 1 atom stereocenters. The summed E-state index contributed by atoms with van der Waals surface area (Å²) in [6.45, 7) is 0. The molecule has 0 aliphatic rings. The quantitative estimate of drug-likeness (QED) is 0.242. The van der Waals surface area contributed by atoms with Crippen LogP contribution in [0, 0.1) is 10.1 Å². The lowest BCUT2D eigenvalue weighted by molar-refractivity contribution is -0.384. The van der Waals surface area contributed by atoms with Gasteiger partial charge in [-0.1, -0.05) is 29.4 Å². The average Bonchev–Trinajstić information content (AvgIpc) is 2.97. The fourth-order valence-corrected chi connectivity index (χ4v) is 3.30. The third-order valence-electron chi connectivity index (χ3n) is 3.43. The van der Waals surface area contributed by atoms with Crippen LogP contribution in [0.1, 0.15) is 16.7 Å². The van der Waals surface area contributed by atoms with Gasteiger partial charge in [0.05, 0.1) is 26.3 Å².